The van der Waals surface area contributed by atoms with Crippen molar-refractivity contribution in [3.63, 3.8) is 0 Å². The predicted molar refractivity (Wildman–Crippen MR) is 79.2 cm³/mol. The van der Waals surface area contributed by atoms with E-state index in [0.29, 0.717) is 0 Å². The van der Waals surface area contributed by atoms with Crippen molar-refractivity contribution in [3.05, 3.63) is 60.7 Å². The van der Waals surface area contributed by atoms with Gasteiger partial charge >= 0.3 is 6.18 Å². The van der Waals surface area contributed by atoms with Gasteiger partial charge in [-0.05, 0) is 16.4 Å². The molecule has 0 atom stereocenters. The van der Waals surface area contributed by atoms with E-state index in [4.69, 9.17) is 11.1 Å². The Morgan fingerprint density at radius 3 is 1.55 bits per heavy atom. The molecule has 106 valence electrons. The van der Waals surface area contributed by atoms with Crippen LogP contribution in [-0.4, -0.2) is 13.6 Å². The maximum Gasteiger partial charge on any atom is 0.388 e. The van der Waals surface area contributed by atoms with Crippen LogP contribution >= 0.6 is 11.1 Å². The van der Waals surface area contributed by atoms with Crippen LogP contribution in [0.4, 0.5) is 13.2 Å². The van der Waals surface area contributed by atoms with Crippen LogP contribution < -0.4 is 10.4 Å². The fraction of sp³-hybridized carbons (Fsp3) is 0.200. The van der Waals surface area contributed by atoms with Gasteiger partial charge in [0.2, 0.25) is 7.38 Å². The standard InChI is InChI=1S/C15H14ClF3Si/c16-20(12-11-15(17,18)19,13-7-3-1-4-8-13)14-9-5-2-6-10-14/h1-10H,11-12H2. The van der Waals surface area contributed by atoms with E-state index >= 15 is 0 Å². The molecule has 0 unspecified atom stereocenters. The summed E-state index contributed by atoms with van der Waals surface area (Å²) in [6.07, 6.45) is -5.04. The predicted octanol–water partition coefficient (Wildman–Crippen LogP) is 3.94. The van der Waals surface area contributed by atoms with Crippen LogP contribution in [0.5, 0.6) is 0 Å². The molecular formula is C15H14ClF3Si. The van der Waals surface area contributed by atoms with Gasteiger partial charge in [0.05, 0.1) is 0 Å². The first-order valence-electron chi connectivity index (χ1n) is 6.28. The van der Waals surface area contributed by atoms with E-state index in [1.165, 1.54) is 0 Å². The Morgan fingerprint density at radius 2 is 1.20 bits per heavy atom. The van der Waals surface area contributed by atoms with Crippen LogP contribution in [0.25, 0.3) is 0 Å². The molecule has 2 rings (SSSR count). The van der Waals surface area contributed by atoms with Crippen molar-refractivity contribution in [3.8, 4) is 0 Å². The fourth-order valence-electron chi connectivity index (χ4n) is 2.17. The highest BCUT2D eigenvalue weighted by Gasteiger charge is 2.39. The lowest BCUT2D eigenvalue weighted by Gasteiger charge is -2.26. The second-order valence-corrected chi connectivity index (χ2v) is 9.84. The van der Waals surface area contributed by atoms with Crippen LogP contribution in [-0.2, 0) is 0 Å². The van der Waals surface area contributed by atoms with Crippen molar-refractivity contribution in [1.29, 1.82) is 0 Å². The zero-order valence-corrected chi connectivity index (χ0v) is 12.5. The van der Waals surface area contributed by atoms with Crippen molar-refractivity contribution in [2.24, 2.45) is 0 Å². The number of halogens is 4. The van der Waals surface area contributed by atoms with E-state index in [0.717, 1.165) is 10.4 Å². The highest BCUT2D eigenvalue weighted by Crippen LogP contribution is 2.28. The third-order valence-electron chi connectivity index (χ3n) is 3.22. The fourth-order valence-corrected chi connectivity index (χ4v) is 6.19. The van der Waals surface area contributed by atoms with Crippen molar-refractivity contribution in [2.45, 2.75) is 18.6 Å². The SMILES string of the molecule is FC(F)(F)CC[Si](Cl)(c1ccccc1)c1ccccc1. The molecule has 0 aliphatic heterocycles. The maximum atomic E-state index is 12.6. The van der Waals surface area contributed by atoms with E-state index in [-0.39, 0.29) is 6.04 Å². The minimum atomic E-state index is -4.18. The molecular weight excluding hydrogens is 301 g/mol. The van der Waals surface area contributed by atoms with Gasteiger partial charge in [-0.25, -0.2) is 0 Å². The van der Waals surface area contributed by atoms with Crippen molar-refractivity contribution < 1.29 is 13.2 Å². The summed E-state index contributed by atoms with van der Waals surface area (Å²) in [4.78, 5) is 0. The average molecular weight is 315 g/mol. The van der Waals surface area contributed by atoms with Crippen molar-refractivity contribution in [1.82, 2.24) is 0 Å². The number of hydrogen-bond acceptors (Lipinski definition) is 0. The summed E-state index contributed by atoms with van der Waals surface area (Å²) in [7, 11) is -2.86. The third-order valence-corrected chi connectivity index (χ3v) is 8.53. The van der Waals surface area contributed by atoms with Crippen LogP contribution in [0, 0.1) is 0 Å². The lowest BCUT2D eigenvalue weighted by Crippen LogP contribution is -2.53. The zero-order chi connectivity index (χ0) is 14.6. The van der Waals surface area contributed by atoms with E-state index < -0.39 is 20.0 Å². The first-order valence-corrected chi connectivity index (χ1v) is 9.50. The molecule has 0 heterocycles. The highest BCUT2D eigenvalue weighted by atomic mass is 35.6. The van der Waals surface area contributed by atoms with Gasteiger partial charge in [0.25, 0.3) is 0 Å². The molecule has 0 bridgehead atoms. The first-order chi connectivity index (χ1) is 9.42. The van der Waals surface area contributed by atoms with Gasteiger partial charge < -0.3 is 0 Å². The largest absolute Gasteiger partial charge is 0.388 e. The van der Waals surface area contributed by atoms with Gasteiger partial charge in [0, 0.05) is 6.42 Å². The zero-order valence-electron chi connectivity index (χ0n) is 10.7. The quantitative estimate of drug-likeness (QED) is 0.592. The normalized spacial score (nSPS) is 12.4. The molecule has 2 aromatic rings. The Hall–Kier alpha value is -1.26. The number of rotatable bonds is 4. The molecule has 0 aromatic heterocycles. The molecule has 0 amide bonds. The van der Waals surface area contributed by atoms with E-state index in [1.54, 1.807) is 0 Å². The van der Waals surface area contributed by atoms with Gasteiger partial charge in [0.15, 0.2) is 0 Å². The second kappa shape index (κ2) is 6.02. The van der Waals surface area contributed by atoms with Crippen molar-refractivity contribution >= 4 is 28.8 Å². The molecule has 2 aromatic carbocycles. The monoisotopic (exact) mass is 314 g/mol. The summed E-state index contributed by atoms with van der Waals surface area (Å²) >= 11 is 6.74. The molecule has 20 heavy (non-hydrogen) atoms. The Labute approximate surface area is 121 Å². The van der Waals surface area contributed by atoms with Gasteiger partial charge in [-0.1, -0.05) is 60.7 Å². The molecule has 0 spiro atoms. The summed E-state index contributed by atoms with van der Waals surface area (Å²) in [6.45, 7) is 0. The Bertz CT molecular complexity index is 501. The molecule has 0 saturated carbocycles. The summed E-state index contributed by atoms with van der Waals surface area (Å²) in [5.41, 5.74) is 0. The number of alkyl halides is 3. The minimum absolute atomic E-state index is 0.0495. The van der Waals surface area contributed by atoms with Crippen LogP contribution in [0.2, 0.25) is 6.04 Å². The molecule has 5 heteroatoms. The van der Waals surface area contributed by atoms with Crippen LogP contribution in [0.3, 0.4) is 0 Å². The van der Waals surface area contributed by atoms with Gasteiger partial charge in [-0.2, -0.15) is 24.3 Å². The molecule has 0 saturated heterocycles. The van der Waals surface area contributed by atoms with Crippen LogP contribution in [0.15, 0.2) is 60.7 Å². The molecule has 0 N–H and O–H groups in total. The molecule has 0 radical (unpaired) electrons. The van der Waals surface area contributed by atoms with Crippen molar-refractivity contribution in [2.75, 3.05) is 0 Å². The smallest absolute Gasteiger partial charge is 0.171 e. The Kier molecular flexibility index (Phi) is 4.55. The highest BCUT2D eigenvalue weighted by molar-refractivity contribution is 7.34. The first kappa shape index (κ1) is 15.1. The second-order valence-electron chi connectivity index (χ2n) is 4.65. The van der Waals surface area contributed by atoms with Gasteiger partial charge in [-0.3, -0.25) is 0 Å². The van der Waals surface area contributed by atoms with E-state index in [2.05, 4.69) is 0 Å². The Morgan fingerprint density at radius 1 is 0.800 bits per heavy atom. The number of benzene rings is 2. The lowest BCUT2D eigenvalue weighted by atomic mass is 10.4. The Balaban J connectivity index is 2.39. The minimum Gasteiger partial charge on any atom is -0.171 e. The molecule has 0 nitrogen and oxygen atoms in total. The summed E-state index contributed by atoms with van der Waals surface area (Å²) in [6, 6.07) is 18.2. The van der Waals surface area contributed by atoms with Gasteiger partial charge in [0.1, 0.15) is 0 Å². The summed E-state index contributed by atoms with van der Waals surface area (Å²) in [5.74, 6) is 0. The lowest BCUT2D eigenvalue weighted by molar-refractivity contribution is -0.130. The topological polar surface area (TPSA) is 0 Å². The van der Waals surface area contributed by atoms with Gasteiger partial charge in [-0.15, -0.1) is 0 Å². The number of hydrogen-bond donors (Lipinski definition) is 0. The van der Waals surface area contributed by atoms with Crippen LogP contribution in [0.1, 0.15) is 6.42 Å². The maximum absolute atomic E-state index is 12.6. The molecule has 0 aliphatic rings. The third kappa shape index (κ3) is 3.64. The summed E-state index contributed by atoms with van der Waals surface area (Å²) in [5, 5.41) is 1.63. The molecule has 0 aliphatic carbocycles. The van der Waals surface area contributed by atoms with E-state index in [9.17, 15) is 13.2 Å². The average Bonchev–Trinajstić information content (AvgIpc) is 2.46. The summed E-state index contributed by atoms with van der Waals surface area (Å²) < 4.78 is 37.7. The van der Waals surface area contributed by atoms with E-state index in [1.807, 2.05) is 60.7 Å². The molecule has 0 fully saturated rings.